The molecular weight excluding hydrogens is 434 g/mol. The Balaban J connectivity index is 1.79. The largest absolute Gasteiger partial charge is 0.493 e. The van der Waals surface area contributed by atoms with Crippen molar-refractivity contribution in [1.29, 1.82) is 0 Å². The van der Waals surface area contributed by atoms with Gasteiger partial charge in [0.15, 0.2) is 11.5 Å². The number of carbonyl (C=O) groups excluding carboxylic acids is 1. The number of nitrogens with one attached hydrogen (secondary N) is 1. The Morgan fingerprint density at radius 3 is 2.52 bits per heavy atom. The van der Waals surface area contributed by atoms with E-state index in [-0.39, 0.29) is 34.1 Å². The van der Waals surface area contributed by atoms with Crippen LogP contribution in [0.2, 0.25) is 0 Å². The molecule has 6 nitrogen and oxygen atoms in total. The highest BCUT2D eigenvalue weighted by atomic mass is 32.2. The molecular formula is C23H23NO5S2. The lowest BCUT2D eigenvalue weighted by atomic mass is 9.90. The summed E-state index contributed by atoms with van der Waals surface area (Å²) in [5, 5.41) is 4.40. The van der Waals surface area contributed by atoms with Crippen LogP contribution in [0.3, 0.4) is 0 Å². The van der Waals surface area contributed by atoms with Crippen LogP contribution in [0, 0.1) is 0 Å². The van der Waals surface area contributed by atoms with E-state index in [1.165, 1.54) is 11.3 Å². The van der Waals surface area contributed by atoms with Crippen LogP contribution in [-0.2, 0) is 14.6 Å². The lowest BCUT2D eigenvalue weighted by molar-refractivity contribution is -0.116. The Morgan fingerprint density at radius 1 is 1.10 bits per heavy atom. The van der Waals surface area contributed by atoms with Gasteiger partial charge >= 0.3 is 0 Å². The van der Waals surface area contributed by atoms with Gasteiger partial charge in [-0.2, -0.15) is 0 Å². The molecule has 4 rings (SSSR count). The normalized spacial score (nSPS) is 16.0. The number of hydrogen-bond donors (Lipinski definition) is 1. The zero-order valence-electron chi connectivity index (χ0n) is 17.4. The molecule has 8 heteroatoms. The number of carbonyl (C=O) groups is 1. The van der Waals surface area contributed by atoms with Gasteiger partial charge in [0.25, 0.3) is 0 Å². The van der Waals surface area contributed by atoms with E-state index in [0.29, 0.717) is 17.2 Å². The van der Waals surface area contributed by atoms with Crippen molar-refractivity contribution >= 4 is 32.8 Å². The highest BCUT2D eigenvalue weighted by molar-refractivity contribution is 7.91. The molecule has 1 amide bonds. The van der Waals surface area contributed by atoms with E-state index in [9.17, 15) is 13.2 Å². The molecule has 0 saturated heterocycles. The van der Waals surface area contributed by atoms with Crippen LogP contribution >= 0.6 is 11.3 Å². The monoisotopic (exact) mass is 457 g/mol. The molecule has 31 heavy (non-hydrogen) atoms. The fraction of sp³-hybridized carbons (Fsp3) is 0.261. The van der Waals surface area contributed by atoms with Crippen molar-refractivity contribution in [3.63, 3.8) is 0 Å². The Labute approximate surface area is 185 Å². The maximum Gasteiger partial charge on any atom is 0.225 e. The zero-order valence-corrected chi connectivity index (χ0v) is 19.0. The number of benzene rings is 2. The molecule has 1 aromatic heterocycles. The number of sulfone groups is 1. The maximum absolute atomic E-state index is 13.2. The molecule has 0 spiro atoms. The lowest BCUT2D eigenvalue weighted by Crippen LogP contribution is -2.23. The molecule has 0 aliphatic carbocycles. The van der Waals surface area contributed by atoms with Gasteiger partial charge in [-0.1, -0.05) is 24.3 Å². The van der Waals surface area contributed by atoms with E-state index in [4.69, 9.17) is 9.47 Å². The van der Waals surface area contributed by atoms with Crippen molar-refractivity contribution in [2.24, 2.45) is 0 Å². The first kappa shape index (κ1) is 21.4. The van der Waals surface area contributed by atoms with E-state index in [1.54, 1.807) is 42.8 Å². The summed E-state index contributed by atoms with van der Waals surface area (Å²) in [7, 11) is -2.17. The van der Waals surface area contributed by atoms with Crippen LogP contribution in [0.5, 0.6) is 11.5 Å². The van der Waals surface area contributed by atoms with E-state index in [1.807, 2.05) is 32.0 Å². The second-order valence-electron chi connectivity index (χ2n) is 7.54. The first-order valence-corrected chi connectivity index (χ1v) is 12.2. The number of rotatable bonds is 6. The van der Waals surface area contributed by atoms with Crippen molar-refractivity contribution in [1.82, 2.24) is 0 Å². The number of methoxy groups -OCH3 is 1. The van der Waals surface area contributed by atoms with Crippen molar-refractivity contribution < 1.29 is 22.7 Å². The molecule has 1 unspecified atom stereocenters. The van der Waals surface area contributed by atoms with E-state index < -0.39 is 9.84 Å². The maximum atomic E-state index is 13.2. The van der Waals surface area contributed by atoms with Crippen molar-refractivity contribution in [3.05, 3.63) is 64.4 Å². The van der Waals surface area contributed by atoms with Gasteiger partial charge in [-0.3, -0.25) is 4.79 Å². The molecule has 2 heterocycles. The third kappa shape index (κ3) is 4.05. The summed E-state index contributed by atoms with van der Waals surface area (Å²) in [6.45, 7) is 3.86. The van der Waals surface area contributed by atoms with E-state index in [2.05, 4.69) is 5.32 Å². The van der Waals surface area contributed by atoms with Gasteiger partial charge in [0.2, 0.25) is 15.7 Å². The van der Waals surface area contributed by atoms with Gasteiger partial charge in [-0.25, -0.2) is 8.42 Å². The molecule has 0 radical (unpaired) electrons. The highest BCUT2D eigenvalue weighted by Crippen LogP contribution is 2.47. The number of ether oxygens (including phenoxy) is 2. The van der Waals surface area contributed by atoms with Gasteiger partial charge < -0.3 is 14.8 Å². The smallest absolute Gasteiger partial charge is 0.225 e. The minimum Gasteiger partial charge on any atom is -0.493 e. The Bertz CT molecular complexity index is 1220. The van der Waals surface area contributed by atoms with Crippen LogP contribution in [0.15, 0.2) is 63.7 Å². The molecule has 1 aliphatic heterocycles. The van der Waals surface area contributed by atoms with Gasteiger partial charge in [0.05, 0.1) is 23.8 Å². The van der Waals surface area contributed by atoms with Crippen LogP contribution in [0.25, 0.3) is 0 Å². The van der Waals surface area contributed by atoms with Crippen molar-refractivity contribution in [3.8, 4) is 11.5 Å². The topological polar surface area (TPSA) is 81.7 Å². The SMILES string of the molecule is COc1ccc(C2CC(=O)Nc3c(S(=O)(=O)c4ccccc4)csc32)cc1OC(C)C. The zero-order chi connectivity index (χ0) is 22.2. The van der Waals surface area contributed by atoms with E-state index >= 15 is 0 Å². The predicted octanol–water partition coefficient (Wildman–Crippen LogP) is 4.85. The summed E-state index contributed by atoms with van der Waals surface area (Å²) in [6.07, 6.45) is 0.185. The van der Waals surface area contributed by atoms with Crippen LogP contribution in [0.1, 0.15) is 36.6 Å². The molecule has 0 bridgehead atoms. The molecule has 3 aromatic rings. The van der Waals surface area contributed by atoms with Crippen molar-refractivity contribution in [2.75, 3.05) is 12.4 Å². The van der Waals surface area contributed by atoms with Gasteiger partial charge in [-0.05, 0) is 43.7 Å². The Kier molecular flexibility index (Phi) is 5.77. The fourth-order valence-electron chi connectivity index (χ4n) is 3.65. The second-order valence-corrected chi connectivity index (χ2v) is 10.4. The number of amides is 1. The number of hydrogen-bond acceptors (Lipinski definition) is 6. The second kappa shape index (κ2) is 8.36. The van der Waals surface area contributed by atoms with E-state index in [0.717, 1.165) is 10.4 Å². The number of thiophene rings is 1. The van der Waals surface area contributed by atoms with Crippen LogP contribution < -0.4 is 14.8 Å². The minimum atomic E-state index is -3.75. The number of anilines is 1. The average molecular weight is 458 g/mol. The molecule has 0 saturated carbocycles. The minimum absolute atomic E-state index is 0.0429. The van der Waals surface area contributed by atoms with Crippen LogP contribution in [-0.4, -0.2) is 27.5 Å². The van der Waals surface area contributed by atoms with Crippen LogP contribution in [0.4, 0.5) is 5.69 Å². The van der Waals surface area contributed by atoms with Gasteiger partial charge in [0.1, 0.15) is 4.90 Å². The third-order valence-electron chi connectivity index (χ3n) is 5.05. The molecule has 1 aliphatic rings. The average Bonchev–Trinajstić information content (AvgIpc) is 3.18. The first-order chi connectivity index (χ1) is 14.8. The molecule has 162 valence electrons. The molecule has 2 aromatic carbocycles. The molecule has 1 N–H and O–H groups in total. The number of fused-ring (bicyclic) bond motifs is 1. The summed E-state index contributed by atoms with van der Waals surface area (Å²) in [5.74, 6) is 0.712. The molecule has 0 fully saturated rings. The summed E-state index contributed by atoms with van der Waals surface area (Å²) >= 11 is 1.34. The Morgan fingerprint density at radius 2 is 1.84 bits per heavy atom. The summed E-state index contributed by atoms with van der Waals surface area (Å²) < 4.78 is 37.7. The quantitative estimate of drug-likeness (QED) is 0.572. The summed E-state index contributed by atoms with van der Waals surface area (Å²) in [5.41, 5.74) is 1.25. The first-order valence-electron chi connectivity index (χ1n) is 9.87. The summed E-state index contributed by atoms with van der Waals surface area (Å²) in [6, 6.07) is 13.8. The van der Waals surface area contributed by atoms with Crippen molar-refractivity contribution in [2.45, 2.75) is 42.1 Å². The highest BCUT2D eigenvalue weighted by Gasteiger charge is 2.34. The lowest BCUT2D eigenvalue weighted by Gasteiger charge is -2.25. The fourth-order valence-corrected chi connectivity index (χ4v) is 6.58. The summed E-state index contributed by atoms with van der Waals surface area (Å²) in [4.78, 5) is 13.7. The van der Waals surface area contributed by atoms with Gasteiger partial charge in [-0.15, -0.1) is 11.3 Å². The third-order valence-corrected chi connectivity index (χ3v) is 8.09. The predicted molar refractivity (Wildman–Crippen MR) is 120 cm³/mol. The standard InChI is InChI=1S/C23H23NO5S2/c1-14(2)29-19-11-15(9-10-18(19)28-3)17-12-21(25)24-22-20(13-30-23(17)22)31(26,27)16-7-5-4-6-8-16/h4-11,13-14,17H,12H2,1-3H3,(H,24,25). The molecule has 1 atom stereocenters. The Hall–Kier alpha value is -2.84. The van der Waals surface area contributed by atoms with Gasteiger partial charge in [0, 0.05) is 22.6 Å².